The van der Waals surface area contributed by atoms with Crippen LogP contribution in [-0.2, 0) is 4.74 Å². The molecule has 0 aromatic carbocycles. The van der Waals surface area contributed by atoms with Crippen LogP contribution in [0.5, 0.6) is 0 Å². The number of nitrogens with one attached hydrogen (secondary N) is 1. The molecular weight excluding hydrogens is 226 g/mol. The van der Waals surface area contributed by atoms with Crippen molar-refractivity contribution in [2.75, 3.05) is 32.8 Å². The zero-order chi connectivity index (χ0) is 13.2. The SMILES string of the molecule is CCC(C)(CC)CCN1CCC12COCCN2[NH]. The van der Waals surface area contributed by atoms with Gasteiger partial charge < -0.3 is 4.74 Å². The molecule has 0 bridgehead atoms. The maximum Gasteiger partial charge on any atom is 0.113 e. The van der Waals surface area contributed by atoms with Gasteiger partial charge in [-0.25, -0.2) is 5.01 Å². The Kier molecular flexibility index (Phi) is 4.32. The number of morpholine rings is 1. The van der Waals surface area contributed by atoms with E-state index in [0.717, 1.165) is 26.1 Å². The van der Waals surface area contributed by atoms with E-state index in [2.05, 4.69) is 25.7 Å². The van der Waals surface area contributed by atoms with Gasteiger partial charge in [0.05, 0.1) is 13.2 Å². The van der Waals surface area contributed by atoms with Crippen molar-refractivity contribution < 1.29 is 4.74 Å². The zero-order valence-corrected chi connectivity index (χ0v) is 12.2. The highest BCUT2D eigenvalue weighted by Crippen LogP contribution is 2.38. The summed E-state index contributed by atoms with van der Waals surface area (Å²) in [7, 11) is 0. The number of hydrogen-bond donors (Lipinski definition) is 0. The molecule has 2 rings (SSSR count). The average molecular weight is 254 g/mol. The molecule has 0 amide bonds. The summed E-state index contributed by atoms with van der Waals surface area (Å²) in [5.74, 6) is 8.14. The van der Waals surface area contributed by atoms with E-state index in [9.17, 15) is 0 Å². The largest absolute Gasteiger partial charge is 0.377 e. The van der Waals surface area contributed by atoms with Crippen molar-refractivity contribution in [1.82, 2.24) is 15.8 Å². The van der Waals surface area contributed by atoms with Gasteiger partial charge in [0.15, 0.2) is 0 Å². The first-order valence-corrected chi connectivity index (χ1v) is 7.38. The van der Waals surface area contributed by atoms with Gasteiger partial charge in [-0.2, -0.15) is 5.84 Å². The van der Waals surface area contributed by atoms with Gasteiger partial charge in [-0.3, -0.25) is 4.90 Å². The van der Waals surface area contributed by atoms with E-state index < -0.39 is 0 Å². The first-order valence-electron chi connectivity index (χ1n) is 7.38. The third-order valence-electron chi connectivity index (χ3n) is 5.36. The molecule has 0 aliphatic carbocycles. The summed E-state index contributed by atoms with van der Waals surface area (Å²) in [6.07, 6.45) is 4.80. The normalized spacial score (nSPS) is 30.7. The second-order valence-corrected chi connectivity index (χ2v) is 6.19. The molecule has 2 heterocycles. The zero-order valence-electron chi connectivity index (χ0n) is 12.2. The quantitative estimate of drug-likeness (QED) is 0.754. The van der Waals surface area contributed by atoms with E-state index in [1.807, 2.05) is 0 Å². The highest BCUT2D eigenvalue weighted by molar-refractivity contribution is 4.99. The second-order valence-electron chi connectivity index (χ2n) is 6.19. The Morgan fingerprint density at radius 1 is 1.28 bits per heavy atom. The van der Waals surface area contributed by atoms with Crippen LogP contribution in [0.25, 0.3) is 0 Å². The maximum atomic E-state index is 8.14. The third kappa shape index (κ3) is 2.44. The second kappa shape index (κ2) is 5.45. The lowest BCUT2D eigenvalue weighted by Crippen LogP contribution is -2.73. The Morgan fingerprint density at radius 3 is 2.50 bits per heavy atom. The van der Waals surface area contributed by atoms with E-state index in [1.54, 1.807) is 5.01 Å². The molecule has 4 heteroatoms. The van der Waals surface area contributed by atoms with Gasteiger partial charge in [0.25, 0.3) is 0 Å². The lowest BCUT2D eigenvalue weighted by Gasteiger charge is -2.58. The molecule has 1 spiro atoms. The van der Waals surface area contributed by atoms with Crippen molar-refractivity contribution in [1.29, 1.82) is 0 Å². The molecule has 0 aromatic rings. The molecule has 2 aliphatic rings. The summed E-state index contributed by atoms with van der Waals surface area (Å²) in [4.78, 5) is 2.46. The highest BCUT2D eigenvalue weighted by atomic mass is 16.5. The van der Waals surface area contributed by atoms with Crippen molar-refractivity contribution in [2.45, 2.75) is 52.1 Å². The monoisotopic (exact) mass is 254 g/mol. The summed E-state index contributed by atoms with van der Waals surface area (Å²) >= 11 is 0. The van der Waals surface area contributed by atoms with Crippen LogP contribution < -0.4 is 5.84 Å². The minimum atomic E-state index is -0.0966. The van der Waals surface area contributed by atoms with E-state index in [0.29, 0.717) is 18.6 Å². The molecule has 0 saturated carbocycles. The van der Waals surface area contributed by atoms with Crippen molar-refractivity contribution in [3.63, 3.8) is 0 Å². The Morgan fingerprint density at radius 2 is 2.00 bits per heavy atom. The molecule has 2 aliphatic heterocycles. The van der Waals surface area contributed by atoms with Crippen molar-refractivity contribution in [2.24, 2.45) is 5.41 Å². The summed E-state index contributed by atoms with van der Waals surface area (Å²) in [6, 6.07) is 0. The van der Waals surface area contributed by atoms with Crippen molar-refractivity contribution >= 4 is 0 Å². The topological polar surface area (TPSA) is 39.5 Å². The fourth-order valence-corrected chi connectivity index (χ4v) is 3.00. The molecule has 2 fully saturated rings. The van der Waals surface area contributed by atoms with Crippen LogP contribution in [-0.4, -0.2) is 48.4 Å². The predicted molar refractivity (Wildman–Crippen MR) is 72.8 cm³/mol. The van der Waals surface area contributed by atoms with E-state index in [-0.39, 0.29) is 5.66 Å². The number of likely N-dealkylation sites (tertiary alicyclic amines) is 1. The molecule has 1 N–H and O–H groups in total. The summed E-state index contributed by atoms with van der Waals surface area (Å²) in [5.41, 5.74) is 0.361. The van der Waals surface area contributed by atoms with E-state index in [1.165, 1.54) is 19.3 Å². The molecule has 1 atom stereocenters. The van der Waals surface area contributed by atoms with Crippen LogP contribution in [0.3, 0.4) is 0 Å². The molecule has 18 heavy (non-hydrogen) atoms. The lowest BCUT2D eigenvalue weighted by atomic mass is 9.80. The van der Waals surface area contributed by atoms with Gasteiger partial charge in [-0.05, 0) is 18.3 Å². The number of rotatable bonds is 5. The van der Waals surface area contributed by atoms with Crippen LogP contribution in [0.15, 0.2) is 0 Å². The van der Waals surface area contributed by atoms with Crippen molar-refractivity contribution in [3.8, 4) is 0 Å². The molecule has 105 valence electrons. The van der Waals surface area contributed by atoms with E-state index >= 15 is 0 Å². The number of ether oxygens (including phenoxy) is 1. The van der Waals surface area contributed by atoms with Gasteiger partial charge in [-0.15, -0.1) is 0 Å². The molecule has 2 saturated heterocycles. The lowest BCUT2D eigenvalue weighted by molar-refractivity contribution is -0.210. The smallest absolute Gasteiger partial charge is 0.113 e. The fourth-order valence-electron chi connectivity index (χ4n) is 3.00. The molecule has 4 nitrogen and oxygen atoms in total. The first kappa shape index (κ1) is 14.3. The van der Waals surface area contributed by atoms with Crippen LogP contribution in [0.4, 0.5) is 0 Å². The standard InChI is InChI=1S/C14H28N3O/c1-4-13(3,5-2)6-8-16-9-7-14(16)12-18-11-10-17(14)15/h15H,4-12H2,1-3H3. The Balaban J connectivity index is 1.90. The number of hydrogen-bond acceptors (Lipinski definition) is 3. The van der Waals surface area contributed by atoms with E-state index in [4.69, 9.17) is 10.6 Å². The van der Waals surface area contributed by atoms with Gasteiger partial charge in [0.1, 0.15) is 5.66 Å². The molecular formula is C14H28N3O. The molecule has 1 unspecified atom stereocenters. The summed E-state index contributed by atoms with van der Waals surface area (Å²) < 4.78 is 5.61. The van der Waals surface area contributed by atoms with Crippen LogP contribution in [0.1, 0.15) is 46.5 Å². The summed E-state index contributed by atoms with van der Waals surface area (Å²) in [6.45, 7) is 11.4. The highest BCUT2D eigenvalue weighted by Gasteiger charge is 2.50. The minimum absolute atomic E-state index is 0.0966. The third-order valence-corrected chi connectivity index (χ3v) is 5.36. The molecule has 1 radical (unpaired) electrons. The molecule has 0 aromatic heterocycles. The van der Waals surface area contributed by atoms with Crippen molar-refractivity contribution in [3.05, 3.63) is 0 Å². The van der Waals surface area contributed by atoms with Gasteiger partial charge >= 0.3 is 0 Å². The van der Waals surface area contributed by atoms with Crippen LogP contribution >= 0.6 is 0 Å². The predicted octanol–water partition coefficient (Wildman–Crippen LogP) is 2.13. The van der Waals surface area contributed by atoms with Crippen LogP contribution in [0.2, 0.25) is 0 Å². The number of nitrogens with zero attached hydrogens (tertiary/aromatic N) is 2. The Labute approximate surface area is 111 Å². The maximum absolute atomic E-state index is 8.14. The Bertz CT molecular complexity index is 280. The van der Waals surface area contributed by atoms with Gasteiger partial charge in [-0.1, -0.05) is 33.6 Å². The summed E-state index contributed by atoms with van der Waals surface area (Å²) in [5, 5.41) is 1.76. The first-order chi connectivity index (χ1) is 8.56. The fraction of sp³-hybridized carbons (Fsp3) is 1.00. The van der Waals surface area contributed by atoms with Gasteiger partial charge in [0, 0.05) is 19.6 Å². The van der Waals surface area contributed by atoms with Crippen LogP contribution in [0, 0.1) is 5.41 Å². The van der Waals surface area contributed by atoms with Gasteiger partial charge in [0.2, 0.25) is 0 Å². The average Bonchev–Trinajstić information content (AvgIpc) is 2.38. The Hall–Kier alpha value is -0.160. The minimum Gasteiger partial charge on any atom is -0.377 e.